The van der Waals surface area contributed by atoms with Crippen LogP contribution in [0.1, 0.15) is 15.2 Å². The number of thiophene rings is 1. The van der Waals surface area contributed by atoms with Crippen molar-refractivity contribution in [3.05, 3.63) is 59.0 Å². The van der Waals surface area contributed by atoms with Gasteiger partial charge in [0.25, 0.3) is 5.91 Å². The summed E-state index contributed by atoms with van der Waals surface area (Å²) in [4.78, 5) is 21.1. The summed E-state index contributed by atoms with van der Waals surface area (Å²) in [7, 11) is 1.64. The van der Waals surface area contributed by atoms with Gasteiger partial charge in [0.15, 0.2) is 0 Å². The van der Waals surface area contributed by atoms with Gasteiger partial charge in [0.05, 0.1) is 18.3 Å². The molecule has 0 fully saturated rings. The topological polar surface area (TPSA) is 68.5 Å². The number of hydrogen-bond acceptors (Lipinski definition) is 5. The zero-order chi connectivity index (χ0) is 18.5. The molecule has 0 unspecified atom stereocenters. The molecule has 0 bridgehead atoms. The quantitative estimate of drug-likeness (QED) is 0.569. The van der Waals surface area contributed by atoms with E-state index in [0.717, 1.165) is 39.0 Å². The number of methoxy groups -OCH3 is 1. The molecule has 0 spiro atoms. The number of carbonyl (C=O) groups excluding carboxylic acids is 1. The normalized spacial score (nSPS) is 13.3. The maximum atomic E-state index is 13.2. The lowest BCUT2D eigenvalue weighted by molar-refractivity contribution is 0.0994. The van der Waals surface area contributed by atoms with Gasteiger partial charge in [-0.3, -0.25) is 4.79 Å². The third-order valence-electron chi connectivity index (χ3n) is 5.05. The second kappa shape index (κ2) is 5.96. The number of para-hydroxylation sites is 1. The molecule has 3 heterocycles. The Kier molecular flexibility index (Phi) is 3.55. The number of hydrogen-bond donors (Lipinski definition) is 1. The van der Waals surface area contributed by atoms with E-state index in [4.69, 9.17) is 15.5 Å². The van der Waals surface area contributed by atoms with Crippen LogP contribution in [0, 0.1) is 0 Å². The van der Waals surface area contributed by atoms with Crippen LogP contribution in [0.4, 0.5) is 11.4 Å². The molecule has 2 N–H and O–H groups in total. The number of nitrogen functional groups attached to an aromatic ring is 1. The van der Waals surface area contributed by atoms with E-state index >= 15 is 0 Å². The van der Waals surface area contributed by atoms with Crippen molar-refractivity contribution in [2.75, 3.05) is 24.3 Å². The summed E-state index contributed by atoms with van der Waals surface area (Å²) in [6.07, 6.45) is 0.870. The Hall–Kier alpha value is -3.12. The number of carbonyl (C=O) groups is 1. The Balaban J connectivity index is 1.62. The SMILES string of the molecule is COc1ccc2nc3sc(C(=O)N4CCc5ccccc54)c(N)c3cc2c1. The molecule has 0 radical (unpaired) electrons. The summed E-state index contributed by atoms with van der Waals surface area (Å²) in [6, 6.07) is 15.7. The number of ether oxygens (including phenoxy) is 1. The zero-order valence-electron chi connectivity index (χ0n) is 14.7. The van der Waals surface area contributed by atoms with Gasteiger partial charge in [-0.25, -0.2) is 4.98 Å². The van der Waals surface area contributed by atoms with Crippen LogP contribution in [0.25, 0.3) is 21.1 Å². The molecule has 0 saturated carbocycles. The summed E-state index contributed by atoms with van der Waals surface area (Å²) < 4.78 is 5.29. The van der Waals surface area contributed by atoms with E-state index < -0.39 is 0 Å². The van der Waals surface area contributed by atoms with Gasteiger partial charge >= 0.3 is 0 Å². The van der Waals surface area contributed by atoms with Crippen molar-refractivity contribution in [1.82, 2.24) is 4.98 Å². The fraction of sp³-hybridized carbons (Fsp3) is 0.143. The first-order valence-electron chi connectivity index (χ1n) is 8.72. The highest BCUT2D eigenvalue weighted by Gasteiger charge is 2.28. The third-order valence-corrected chi connectivity index (χ3v) is 6.15. The smallest absolute Gasteiger partial charge is 0.270 e. The maximum Gasteiger partial charge on any atom is 0.270 e. The second-order valence-corrected chi connectivity index (χ2v) is 7.58. The van der Waals surface area contributed by atoms with Crippen LogP contribution >= 0.6 is 11.3 Å². The highest BCUT2D eigenvalue weighted by Crippen LogP contribution is 2.38. The monoisotopic (exact) mass is 375 g/mol. The molecule has 5 nitrogen and oxygen atoms in total. The molecule has 27 heavy (non-hydrogen) atoms. The average molecular weight is 375 g/mol. The standard InChI is InChI=1S/C21H17N3O2S/c1-26-14-6-7-16-13(10-14)11-15-18(22)19(27-20(15)23-16)21(25)24-9-8-12-4-2-3-5-17(12)24/h2-7,10-11H,8-9,22H2,1H3. The zero-order valence-corrected chi connectivity index (χ0v) is 15.5. The molecule has 0 saturated heterocycles. The number of benzene rings is 2. The summed E-state index contributed by atoms with van der Waals surface area (Å²) in [5, 5.41) is 1.76. The van der Waals surface area contributed by atoms with Gasteiger partial charge in [0.2, 0.25) is 0 Å². The molecular weight excluding hydrogens is 358 g/mol. The van der Waals surface area contributed by atoms with Crippen molar-refractivity contribution in [3.63, 3.8) is 0 Å². The van der Waals surface area contributed by atoms with Gasteiger partial charge in [-0.05, 0) is 42.3 Å². The van der Waals surface area contributed by atoms with Gasteiger partial charge in [-0.1, -0.05) is 18.2 Å². The van der Waals surface area contributed by atoms with Gasteiger partial charge in [-0.2, -0.15) is 0 Å². The van der Waals surface area contributed by atoms with Crippen LogP contribution in [0.15, 0.2) is 48.5 Å². The summed E-state index contributed by atoms with van der Waals surface area (Å²) >= 11 is 1.36. The predicted octanol–water partition coefficient (Wildman–Crippen LogP) is 4.24. The van der Waals surface area contributed by atoms with E-state index in [1.54, 1.807) is 7.11 Å². The Morgan fingerprint density at radius 1 is 1.22 bits per heavy atom. The summed E-state index contributed by atoms with van der Waals surface area (Å²) in [6.45, 7) is 0.679. The number of amides is 1. The molecular formula is C21H17N3O2S. The average Bonchev–Trinajstić information content (AvgIpc) is 3.27. The lowest BCUT2D eigenvalue weighted by atomic mass is 10.1. The Morgan fingerprint density at radius 2 is 2.07 bits per heavy atom. The first kappa shape index (κ1) is 16.1. The number of nitrogens with two attached hydrogens (primary N) is 1. The largest absolute Gasteiger partial charge is 0.497 e. The number of pyridine rings is 1. The molecule has 2 aromatic carbocycles. The Morgan fingerprint density at radius 3 is 2.93 bits per heavy atom. The van der Waals surface area contributed by atoms with Crippen molar-refractivity contribution < 1.29 is 9.53 Å². The van der Waals surface area contributed by atoms with Crippen molar-refractivity contribution in [1.29, 1.82) is 0 Å². The van der Waals surface area contributed by atoms with Crippen molar-refractivity contribution >= 4 is 49.7 Å². The molecule has 1 aliphatic rings. The number of anilines is 2. The highest BCUT2D eigenvalue weighted by molar-refractivity contribution is 7.21. The van der Waals surface area contributed by atoms with E-state index in [0.29, 0.717) is 17.1 Å². The van der Waals surface area contributed by atoms with Gasteiger partial charge in [0.1, 0.15) is 15.5 Å². The van der Waals surface area contributed by atoms with Crippen LogP contribution < -0.4 is 15.4 Å². The van der Waals surface area contributed by atoms with E-state index in [1.807, 2.05) is 47.4 Å². The number of nitrogens with zero attached hydrogens (tertiary/aromatic N) is 2. The minimum absolute atomic E-state index is 0.0536. The molecule has 134 valence electrons. The fourth-order valence-electron chi connectivity index (χ4n) is 3.64. The molecule has 0 atom stereocenters. The highest BCUT2D eigenvalue weighted by atomic mass is 32.1. The first-order chi connectivity index (χ1) is 13.2. The Bertz CT molecular complexity index is 1210. The Labute approximate surface area is 160 Å². The first-order valence-corrected chi connectivity index (χ1v) is 9.54. The molecule has 1 aliphatic heterocycles. The molecule has 5 rings (SSSR count). The number of aromatic nitrogens is 1. The minimum atomic E-state index is -0.0536. The van der Waals surface area contributed by atoms with E-state index in [1.165, 1.54) is 16.9 Å². The molecule has 1 amide bonds. The lowest BCUT2D eigenvalue weighted by Gasteiger charge is -2.16. The van der Waals surface area contributed by atoms with E-state index in [-0.39, 0.29) is 5.91 Å². The molecule has 6 heteroatoms. The van der Waals surface area contributed by atoms with Crippen LogP contribution in [0.3, 0.4) is 0 Å². The van der Waals surface area contributed by atoms with Crippen molar-refractivity contribution in [2.45, 2.75) is 6.42 Å². The molecule has 0 aliphatic carbocycles. The second-order valence-electron chi connectivity index (χ2n) is 6.58. The van der Waals surface area contributed by atoms with Crippen LogP contribution in [-0.2, 0) is 6.42 Å². The molecule has 2 aromatic heterocycles. The van der Waals surface area contributed by atoms with Gasteiger partial charge < -0.3 is 15.4 Å². The van der Waals surface area contributed by atoms with E-state index in [2.05, 4.69) is 6.07 Å². The van der Waals surface area contributed by atoms with Crippen LogP contribution in [0.2, 0.25) is 0 Å². The maximum absolute atomic E-state index is 13.2. The van der Waals surface area contributed by atoms with Gasteiger partial charge in [0, 0.05) is 23.0 Å². The van der Waals surface area contributed by atoms with Crippen molar-refractivity contribution in [2.24, 2.45) is 0 Å². The minimum Gasteiger partial charge on any atom is -0.497 e. The van der Waals surface area contributed by atoms with Crippen LogP contribution in [0.5, 0.6) is 5.75 Å². The number of rotatable bonds is 2. The molecule has 4 aromatic rings. The fourth-order valence-corrected chi connectivity index (χ4v) is 4.67. The number of fused-ring (bicyclic) bond motifs is 3. The summed E-state index contributed by atoms with van der Waals surface area (Å²) in [5.74, 6) is 0.713. The lowest BCUT2D eigenvalue weighted by Crippen LogP contribution is -2.28. The summed E-state index contributed by atoms with van der Waals surface area (Å²) in [5.41, 5.74) is 9.91. The third kappa shape index (κ3) is 2.44. The van der Waals surface area contributed by atoms with Crippen LogP contribution in [-0.4, -0.2) is 24.5 Å². The van der Waals surface area contributed by atoms with Crippen molar-refractivity contribution in [3.8, 4) is 5.75 Å². The predicted molar refractivity (Wildman–Crippen MR) is 110 cm³/mol. The van der Waals surface area contributed by atoms with E-state index in [9.17, 15) is 4.79 Å². The van der Waals surface area contributed by atoms with Gasteiger partial charge in [-0.15, -0.1) is 11.3 Å².